The summed E-state index contributed by atoms with van der Waals surface area (Å²) in [7, 11) is 0. The van der Waals surface area contributed by atoms with Gasteiger partial charge in [-0.05, 0) is 42.3 Å². The van der Waals surface area contributed by atoms with Crippen LogP contribution in [0.15, 0.2) is 53.0 Å². The average molecular weight is 452 g/mol. The number of amides is 1. The summed E-state index contributed by atoms with van der Waals surface area (Å²) in [5.74, 6) is -0.394. The lowest BCUT2D eigenvalue weighted by atomic mass is 9.83. The van der Waals surface area contributed by atoms with Gasteiger partial charge in [0.1, 0.15) is 11.4 Å². The first-order valence-electron chi connectivity index (χ1n) is 9.15. The van der Waals surface area contributed by atoms with Crippen LogP contribution in [0.4, 0.5) is 9.18 Å². The van der Waals surface area contributed by atoms with Crippen molar-refractivity contribution in [2.24, 2.45) is 0 Å². The lowest BCUT2D eigenvalue weighted by molar-refractivity contribution is -0.0892. The van der Waals surface area contributed by atoms with Gasteiger partial charge in [-0.25, -0.2) is 9.18 Å². The van der Waals surface area contributed by atoms with Crippen molar-refractivity contribution in [1.29, 1.82) is 0 Å². The molecule has 0 aliphatic carbocycles. The number of nitrogens with zero attached hydrogens (tertiary/aromatic N) is 1. The molecule has 0 unspecified atom stereocenters. The van der Waals surface area contributed by atoms with Crippen molar-refractivity contribution in [2.75, 3.05) is 13.2 Å². The van der Waals surface area contributed by atoms with Crippen LogP contribution in [-0.2, 0) is 10.3 Å². The molecule has 1 heterocycles. The minimum Gasteiger partial charge on any atom is -0.438 e. The first kappa shape index (κ1) is 20.8. The molecule has 2 aromatic rings. The van der Waals surface area contributed by atoms with Gasteiger partial charge >= 0.3 is 6.09 Å². The van der Waals surface area contributed by atoms with E-state index >= 15 is 0 Å². The van der Waals surface area contributed by atoms with Gasteiger partial charge in [0.25, 0.3) is 0 Å². The fraction of sp³-hybridized carbons (Fsp3) is 0.381. The maximum absolute atomic E-state index is 13.4. The summed E-state index contributed by atoms with van der Waals surface area (Å²) >= 11 is 3.40. The molecule has 0 bridgehead atoms. The highest BCUT2D eigenvalue weighted by atomic mass is 79.9. The summed E-state index contributed by atoms with van der Waals surface area (Å²) in [4.78, 5) is 14.5. The van der Waals surface area contributed by atoms with Gasteiger partial charge in [-0.2, -0.15) is 0 Å². The van der Waals surface area contributed by atoms with E-state index in [2.05, 4.69) is 15.9 Å². The Morgan fingerprint density at radius 3 is 2.43 bits per heavy atom. The first-order chi connectivity index (χ1) is 13.3. The second-order valence-electron chi connectivity index (χ2n) is 7.08. The average Bonchev–Trinajstić information content (AvgIpc) is 2.68. The number of carbonyl (C=O) groups is 1. The normalized spacial score (nSPS) is 21.9. The molecule has 3 atom stereocenters. The number of aliphatic hydroxyl groups excluding tert-OH is 2. The van der Waals surface area contributed by atoms with Crippen molar-refractivity contribution >= 4 is 22.0 Å². The van der Waals surface area contributed by atoms with E-state index in [1.807, 2.05) is 31.2 Å². The Hall–Kier alpha value is -1.96. The van der Waals surface area contributed by atoms with E-state index in [-0.39, 0.29) is 12.5 Å². The molecule has 1 aliphatic rings. The lowest BCUT2D eigenvalue weighted by Crippen LogP contribution is -2.50. The number of benzene rings is 2. The number of carbonyl (C=O) groups excluding carboxylic acids is 1. The van der Waals surface area contributed by atoms with Crippen LogP contribution in [0.3, 0.4) is 0 Å². The fourth-order valence-corrected chi connectivity index (χ4v) is 3.87. The Labute approximate surface area is 171 Å². The summed E-state index contributed by atoms with van der Waals surface area (Å²) in [6.07, 6.45) is -1.09. The number of ether oxygens (including phenoxy) is 1. The van der Waals surface area contributed by atoms with Crippen LogP contribution in [0.25, 0.3) is 0 Å². The molecule has 0 saturated carbocycles. The maximum Gasteiger partial charge on any atom is 0.411 e. The van der Waals surface area contributed by atoms with Crippen LogP contribution >= 0.6 is 15.9 Å². The third-order valence-corrected chi connectivity index (χ3v) is 5.77. The first-order valence-corrected chi connectivity index (χ1v) is 9.94. The summed E-state index contributed by atoms with van der Waals surface area (Å²) in [5, 5.41) is 19.3. The molecule has 1 amide bonds. The van der Waals surface area contributed by atoms with Crippen molar-refractivity contribution in [1.82, 2.24) is 4.90 Å². The molecule has 0 spiro atoms. The highest BCUT2D eigenvalue weighted by Crippen LogP contribution is 2.40. The summed E-state index contributed by atoms with van der Waals surface area (Å²) < 4.78 is 20.2. The van der Waals surface area contributed by atoms with E-state index in [4.69, 9.17) is 4.74 Å². The number of cyclic esters (lactones) is 1. The Bertz CT molecular complexity index is 814. The summed E-state index contributed by atoms with van der Waals surface area (Å²) in [5.41, 5.74) is 0.471. The summed E-state index contributed by atoms with van der Waals surface area (Å²) in [6, 6.07) is 13.2. The number of hydrogen-bond donors (Lipinski definition) is 2. The van der Waals surface area contributed by atoms with Gasteiger partial charge in [0.15, 0.2) is 0 Å². The molecule has 1 fully saturated rings. The highest BCUT2D eigenvalue weighted by Gasteiger charge is 2.44. The van der Waals surface area contributed by atoms with E-state index < -0.39 is 30.2 Å². The molecule has 7 heteroatoms. The molecule has 2 aromatic carbocycles. The predicted octanol–water partition coefficient (Wildman–Crippen LogP) is 4.13. The zero-order chi connectivity index (χ0) is 20.3. The van der Waals surface area contributed by atoms with Crippen LogP contribution < -0.4 is 0 Å². The topological polar surface area (TPSA) is 70.0 Å². The third-order valence-electron chi connectivity index (χ3n) is 5.24. The van der Waals surface area contributed by atoms with Crippen molar-refractivity contribution in [3.05, 3.63) is 69.9 Å². The number of aliphatic hydroxyl groups is 2. The lowest BCUT2D eigenvalue weighted by Gasteiger charge is -2.44. The van der Waals surface area contributed by atoms with Crippen molar-refractivity contribution < 1.29 is 24.1 Å². The quantitative estimate of drug-likeness (QED) is 0.692. The molecule has 3 rings (SSSR count). The second-order valence-corrected chi connectivity index (χ2v) is 8.00. The molecular weight excluding hydrogens is 429 g/mol. The van der Waals surface area contributed by atoms with Gasteiger partial charge in [-0.15, -0.1) is 0 Å². The van der Waals surface area contributed by atoms with Crippen molar-refractivity contribution in [3.63, 3.8) is 0 Å². The second kappa shape index (κ2) is 8.59. The van der Waals surface area contributed by atoms with Gasteiger partial charge in [-0.3, -0.25) is 0 Å². The van der Waals surface area contributed by atoms with Crippen LogP contribution in [0, 0.1) is 5.82 Å². The number of hydrogen-bond acceptors (Lipinski definition) is 4. The van der Waals surface area contributed by atoms with Crippen LogP contribution in [0.1, 0.15) is 36.9 Å². The highest BCUT2D eigenvalue weighted by molar-refractivity contribution is 9.10. The van der Waals surface area contributed by atoms with Crippen molar-refractivity contribution in [2.45, 2.75) is 37.5 Å². The zero-order valence-electron chi connectivity index (χ0n) is 15.5. The number of rotatable bonds is 6. The molecule has 1 saturated heterocycles. The molecule has 150 valence electrons. The van der Waals surface area contributed by atoms with Gasteiger partial charge in [0, 0.05) is 23.9 Å². The van der Waals surface area contributed by atoms with Gasteiger partial charge in [0.2, 0.25) is 0 Å². The van der Waals surface area contributed by atoms with Crippen LogP contribution in [-0.4, -0.2) is 40.5 Å². The summed E-state index contributed by atoms with van der Waals surface area (Å²) in [6.45, 7) is 1.89. The van der Waals surface area contributed by atoms with Gasteiger partial charge in [-0.1, -0.05) is 40.2 Å². The molecule has 0 aromatic heterocycles. The van der Waals surface area contributed by atoms with Crippen molar-refractivity contribution in [3.8, 4) is 0 Å². The van der Waals surface area contributed by atoms with E-state index in [1.165, 1.54) is 12.1 Å². The Balaban J connectivity index is 1.84. The van der Waals surface area contributed by atoms with E-state index in [1.54, 1.807) is 17.0 Å². The Morgan fingerprint density at radius 2 is 1.86 bits per heavy atom. The fourth-order valence-electron chi connectivity index (χ4n) is 3.61. The maximum atomic E-state index is 13.4. The monoisotopic (exact) mass is 451 g/mol. The minimum absolute atomic E-state index is 0.0430. The van der Waals surface area contributed by atoms with E-state index in [0.717, 1.165) is 10.0 Å². The molecule has 1 aliphatic heterocycles. The van der Waals surface area contributed by atoms with Crippen LogP contribution in [0.2, 0.25) is 0 Å². The van der Waals surface area contributed by atoms with Gasteiger partial charge in [0.05, 0.1) is 18.8 Å². The molecule has 28 heavy (non-hydrogen) atoms. The standard InChI is InChI=1S/C21H23BrFNO4/c1-14(15-2-6-17(22)7-3-15)24-11-10-21(28-20(24)27,12-19(26)13-25)16-4-8-18(23)9-5-16/h2-9,14,19,25-26H,10-13H2,1H3/t14-,19-,21-/m0/s1. The Kier molecular flexibility index (Phi) is 6.37. The molecule has 2 N–H and O–H groups in total. The number of halogens is 2. The van der Waals surface area contributed by atoms with E-state index in [9.17, 15) is 19.4 Å². The van der Waals surface area contributed by atoms with Crippen LogP contribution in [0.5, 0.6) is 0 Å². The van der Waals surface area contributed by atoms with E-state index in [0.29, 0.717) is 18.5 Å². The minimum atomic E-state index is -1.11. The molecule has 0 radical (unpaired) electrons. The zero-order valence-corrected chi connectivity index (χ0v) is 17.1. The molecular formula is C21H23BrFNO4. The SMILES string of the molecule is C[C@@H](c1ccc(Br)cc1)N1CC[C@](C[C@H](O)CO)(c2ccc(F)cc2)OC1=O. The predicted molar refractivity (Wildman–Crippen MR) is 106 cm³/mol. The van der Waals surface area contributed by atoms with Gasteiger partial charge < -0.3 is 19.8 Å². The third kappa shape index (κ3) is 4.37. The molecule has 5 nitrogen and oxygen atoms in total. The smallest absolute Gasteiger partial charge is 0.411 e. The Morgan fingerprint density at radius 1 is 1.21 bits per heavy atom. The largest absolute Gasteiger partial charge is 0.438 e.